The van der Waals surface area contributed by atoms with E-state index < -0.39 is 23.8 Å². The fourth-order valence-corrected chi connectivity index (χ4v) is 1.81. The van der Waals surface area contributed by atoms with Crippen LogP contribution in [-0.4, -0.2) is 46.7 Å². The van der Waals surface area contributed by atoms with Crippen molar-refractivity contribution in [1.29, 1.82) is 0 Å². The summed E-state index contributed by atoms with van der Waals surface area (Å²) in [4.78, 5) is 23.4. The third-order valence-corrected chi connectivity index (χ3v) is 2.67. The molecule has 0 bridgehead atoms. The average molecular weight is 201 g/mol. The number of hydrogen-bond acceptors (Lipinski definition) is 3. The second kappa shape index (κ2) is 4.41. The summed E-state index contributed by atoms with van der Waals surface area (Å²) >= 11 is 0. The summed E-state index contributed by atoms with van der Waals surface area (Å²) in [5.41, 5.74) is 0. The Morgan fingerprint density at radius 3 is 1.93 bits per heavy atom. The highest BCUT2D eigenvalue weighted by molar-refractivity contribution is 5.74. The molecule has 1 heterocycles. The molecule has 0 radical (unpaired) electrons. The predicted octanol–water partition coefficient (Wildman–Crippen LogP) is 0.114. The van der Waals surface area contributed by atoms with Crippen LogP contribution in [0, 0.1) is 11.8 Å². The van der Waals surface area contributed by atoms with Crippen molar-refractivity contribution in [2.24, 2.45) is 11.8 Å². The van der Waals surface area contributed by atoms with Crippen LogP contribution < -0.4 is 0 Å². The molecule has 1 rings (SSSR count). The van der Waals surface area contributed by atoms with Crippen molar-refractivity contribution < 1.29 is 19.8 Å². The summed E-state index contributed by atoms with van der Waals surface area (Å²) in [6, 6.07) is 0. The van der Waals surface area contributed by atoms with Gasteiger partial charge in [-0.1, -0.05) is 6.92 Å². The number of carboxylic acid groups (broad SMARTS) is 2. The van der Waals surface area contributed by atoms with Crippen LogP contribution in [0.15, 0.2) is 0 Å². The third kappa shape index (κ3) is 2.45. The molecular weight excluding hydrogens is 186 g/mol. The molecule has 2 atom stereocenters. The third-order valence-electron chi connectivity index (χ3n) is 2.67. The fourth-order valence-electron chi connectivity index (χ4n) is 1.81. The molecule has 5 nitrogen and oxygen atoms in total. The minimum absolute atomic E-state index is 0.251. The van der Waals surface area contributed by atoms with Crippen LogP contribution in [0.5, 0.6) is 0 Å². The van der Waals surface area contributed by atoms with Gasteiger partial charge in [-0.2, -0.15) is 0 Å². The van der Waals surface area contributed by atoms with Gasteiger partial charge in [-0.25, -0.2) is 0 Å². The zero-order chi connectivity index (χ0) is 10.7. The van der Waals surface area contributed by atoms with Crippen molar-refractivity contribution in [2.75, 3.05) is 19.6 Å². The predicted molar refractivity (Wildman–Crippen MR) is 49.0 cm³/mol. The standard InChI is InChI=1S/C9H15NO4/c1-2-10-4-6(8(11)12)3-7(5-10)9(13)14/h6-7H,2-5H2,1H3,(H,11,12)(H,13,14)/t6-,7-/m0/s1. The summed E-state index contributed by atoms with van der Waals surface area (Å²) < 4.78 is 0. The molecule has 0 aromatic carbocycles. The van der Waals surface area contributed by atoms with Gasteiger partial charge in [0, 0.05) is 13.1 Å². The highest BCUT2D eigenvalue weighted by Crippen LogP contribution is 2.22. The van der Waals surface area contributed by atoms with E-state index in [1.807, 2.05) is 11.8 Å². The lowest BCUT2D eigenvalue weighted by Crippen LogP contribution is -2.45. The van der Waals surface area contributed by atoms with Crippen molar-refractivity contribution >= 4 is 11.9 Å². The summed E-state index contributed by atoms with van der Waals surface area (Å²) in [7, 11) is 0. The smallest absolute Gasteiger partial charge is 0.307 e. The Morgan fingerprint density at radius 2 is 1.64 bits per heavy atom. The van der Waals surface area contributed by atoms with Gasteiger partial charge in [-0.05, 0) is 13.0 Å². The summed E-state index contributed by atoms with van der Waals surface area (Å²) in [6.45, 7) is 3.54. The van der Waals surface area contributed by atoms with Gasteiger partial charge in [0.1, 0.15) is 0 Å². The van der Waals surface area contributed by atoms with Gasteiger partial charge in [-0.3, -0.25) is 9.59 Å². The molecule has 0 unspecified atom stereocenters. The minimum Gasteiger partial charge on any atom is -0.481 e. The van der Waals surface area contributed by atoms with Gasteiger partial charge in [-0.15, -0.1) is 0 Å². The van der Waals surface area contributed by atoms with Crippen LogP contribution in [0.3, 0.4) is 0 Å². The maximum Gasteiger partial charge on any atom is 0.307 e. The van der Waals surface area contributed by atoms with Gasteiger partial charge >= 0.3 is 11.9 Å². The van der Waals surface area contributed by atoms with E-state index in [-0.39, 0.29) is 6.42 Å². The van der Waals surface area contributed by atoms with E-state index in [1.54, 1.807) is 0 Å². The molecule has 1 aliphatic heterocycles. The zero-order valence-corrected chi connectivity index (χ0v) is 8.14. The highest BCUT2D eigenvalue weighted by Gasteiger charge is 2.34. The first kappa shape index (κ1) is 11.0. The highest BCUT2D eigenvalue weighted by atomic mass is 16.4. The molecule has 14 heavy (non-hydrogen) atoms. The number of carbonyl (C=O) groups is 2. The lowest BCUT2D eigenvalue weighted by atomic mass is 9.89. The first-order valence-electron chi connectivity index (χ1n) is 4.72. The molecule has 0 saturated carbocycles. The topological polar surface area (TPSA) is 77.8 Å². The molecular formula is C9H15NO4. The maximum absolute atomic E-state index is 10.8. The fraction of sp³-hybridized carbons (Fsp3) is 0.778. The molecule has 1 saturated heterocycles. The molecule has 0 amide bonds. The SMILES string of the molecule is CCN1C[C@@H](C(=O)O)C[C@H](C(=O)O)C1. The van der Waals surface area contributed by atoms with Crippen LogP contribution in [0.1, 0.15) is 13.3 Å². The quantitative estimate of drug-likeness (QED) is 0.677. The first-order valence-corrected chi connectivity index (χ1v) is 4.72. The molecule has 0 aliphatic carbocycles. The molecule has 0 aromatic rings. The molecule has 0 aromatic heterocycles. The van der Waals surface area contributed by atoms with E-state index in [9.17, 15) is 9.59 Å². The monoisotopic (exact) mass is 201 g/mol. The molecule has 1 aliphatic rings. The van der Waals surface area contributed by atoms with Crippen molar-refractivity contribution in [1.82, 2.24) is 4.90 Å². The number of carboxylic acids is 2. The van der Waals surface area contributed by atoms with Crippen molar-refractivity contribution in [3.05, 3.63) is 0 Å². The van der Waals surface area contributed by atoms with Gasteiger partial charge in [0.25, 0.3) is 0 Å². The van der Waals surface area contributed by atoms with Crippen molar-refractivity contribution in [3.63, 3.8) is 0 Å². The number of nitrogens with zero attached hydrogens (tertiary/aromatic N) is 1. The summed E-state index contributed by atoms with van der Waals surface area (Å²) in [5, 5.41) is 17.7. The number of aliphatic carboxylic acids is 2. The van der Waals surface area contributed by atoms with Gasteiger partial charge in [0.2, 0.25) is 0 Å². The largest absolute Gasteiger partial charge is 0.481 e. The molecule has 80 valence electrons. The lowest BCUT2D eigenvalue weighted by molar-refractivity contribution is -0.149. The van der Waals surface area contributed by atoms with E-state index in [0.717, 1.165) is 0 Å². The molecule has 1 fully saturated rings. The zero-order valence-electron chi connectivity index (χ0n) is 8.14. The first-order chi connectivity index (χ1) is 6.54. The number of hydrogen-bond donors (Lipinski definition) is 2. The Kier molecular flexibility index (Phi) is 3.46. The van der Waals surface area contributed by atoms with Crippen LogP contribution in [0.2, 0.25) is 0 Å². The lowest BCUT2D eigenvalue weighted by Gasteiger charge is -2.33. The Hall–Kier alpha value is -1.10. The van der Waals surface area contributed by atoms with E-state index in [1.165, 1.54) is 0 Å². The van der Waals surface area contributed by atoms with Crippen LogP contribution >= 0.6 is 0 Å². The summed E-state index contributed by atoms with van der Waals surface area (Å²) in [6.07, 6.45) is 0.251. The van der Waals surface area contributed by atoms with E-state index >= 15 is 0 Å². The number of likely N-dealkylation sites (tertiary alicyclic amines) is 1. The van der Waals surface area contributed by atoms with E-state index in [4.69, 9.17) is 10.2 Å². The van der Waals surface area contributed by atoms with Gasteiger partial charge in [0.05, 0.1) is 11.8 Å². The summed E-state index contributed by atoms with van der Waals surface area (Å²) in [5.74, 6) is -2.86. The van der Waals surface area contributed by atoms with E-state index in [2.05, 4.69) is 0 Å². The number of rotatable bonds is 3. The molecule has 2 N–H and O–H groups in total. The van der Waals surface area contributed by atoms with Crippen LogP contribution in [0.25, 0.3) is 0 Å². The van der Waals surface area contributed by atoms with E-state index in [0.29, 0.717) is 19.6 Å². The Labute approximate surface area is 82.3 Å². The molecule has 0 spiro atoms. The Balaban J connectivity index is 2.66. The van der Waals surface area contributed by atoms with Crippen LogP contribution in [0.4, 0.5) is 0 Å². The van der Waals surface area contributed by atoms with Crippen LogP contribution in [-0.2, 0) is 9.59 Å². The minimum atomic E-state index is -0.894. The second-order valence-electron chi connectivity index (χ2n) is 3.66. The average Bonchev–Trinajstić information content (AvgIpc) is 2.16. The second-order valence-corrected chi connectivity index (χ2v) is 3.66. The van der Waals surface area contributed by atoms with Crippen molar-refractivity contribution in [2.45, 2.75) is 13.3 Å². The Morgan fingerprint density at radius 1 is 1.21 bits per heavy atom. The molecule has 5 heteroatoms. The van der Waals surface area contributed by atoms with Crippen molar-refractivity contribution in [3.8, 4) is 0 Å². The van der Waals surface area contributed by atoms with Gasteiger partial charge < -0.3 is 15.1 Å². The number of piperidine rings is 1. The Bertz CT molecular complexity index is 219. The normalized spacial score (nSPS) is 28.6. The van der Waals surface area contributed by atoms with Gasteiger partial charge in [0.15, 0.2) is 0 Å². The maximum atomic E-state index is 10.8.